The molecule has 0 aromatic heterocycles. The number of rotatable bonds is 20. The smallest absolute Gasteiger partial charge is 0.305 e. The molecule has 30 heavy (non-hydrogen) atoms. The van der Waals surface area contributed by atoms with Crippen molar-refractivity contribution in [1.82, 2.24) is 0 Å². The summed E-state index contributed by atoms with van der Waals surface area (Å²) in [6, 6.07) is 0. The summed E-state index contributed by atoms with van der Waals surface area (Å²) in [5.74, 6) is -0.212. The maximum absolute atomic E-state index is 11.4. The SMILES string of the molecule is CCCCCCCCCCCCCCCCCC(=O)OCCCC.CCOC(C)=O. The zero-order chi connectivity index (χ0) is 22.7. The van der Waals surface area contributed by atoms with Crippen LogP contribution in [-0.2, 0) is 19.1 Å². The third-order valence-corrected chi connectivity index (χ3v) is 5.09. The molecule has 0 aliphatic heterocycles. The third kappa shape index (κ3) is 31.6. The van der Waals surface area contributed by atoms with Gasteiger partial charge in [-0.2, -0.15) is 0 Å². The van der Waals surface area contributed by atoms with Crippen LogP contribution in [0.5, 0.6) is 0 Å². The minimum absolute atomic E-state index is 0.00172. The summed E-state index contributed by atoms with van der Waals surface area (Å²) in [4.78, 5) is 21.3. The van der Waals surface area contributed by atoms with Gasteiger partial charge in [0.2, 0.25) is 0 Å². The number of esters is 2. The highest BCUT2D eigenvalue weighted by molar-refractivity contribution is 5.69. The second-order valence-electron chi connectivity index (χ2n) is 8.20. The molecule has 0 aliphatic carbocycles. The van der Waals surface area contributed by atoms with Gasteiger partial charge in [0.05, 0.1) is 13.2 Å². The Morgan fingerprint density at radius 2 is 0.933 bits per heavy atom. The molecule has 0 aromatic rings. The first kappa shape index (κ1) is 31.1. The first-order valence-electron chi connectivity index (χ1n) is 12.9. The van der Waals surface area contributed by atoms with Crippen molar-refractivity contribution in [3.8, 4) is 0 Å². The van der Waals surface area contributed by atoms with Crippen molar-refractivity contribution in [2.75, 3.05) is 13.2 Å². The predicted octanol–water partition coefficient (Wildman–Crippen LogP) is 8.16. The highest BCUT2D eigenvalue weighted by Crippen LogP contribution is 2.13. The maximum Gasteiger partial charge on any atom is 0.305 e. The molecule has 0 saturated heterocycles. The van der Waals surface area contributed by atoms with Gasteiger partial charge < -0.3 is 9.47 Å². The predicted molar refractivity (Wildman–Crippen MR) is 128 cm³/mol. The van der Waals surface area contributed by atoms with E-state index in [0.717, 1.165) is 19.3 Å². The van der Waals surface area contributed by atoms with Crippen LogP contribution in [0.4, 0.5) is 0 Å². The van der Waals surface area contributed by atoms with E-state index in [4.69, 9.17) is 4.74 Å². The molecule has 4 heteroatoms. The van der Waals surface area contributed by atoms with E-state index in [-0.39, 0.29) is 11.9 Å². The third-order valence-electron chi connectivity index (χ3n) is 5.09. The molecular weight excluding hydrogens is 376 g/mol. The van der Waals surface area contributed by atoms with E-state index >= 15 is 0 Å². The Morgan fingerprint density at radius 1 is 0.533 bits per heavy atom. The lowest BCUT2D eigenvalue weighted by Gasteiger charge is -2.04. The molecular formula is C26H52O4. The van der Waals surface area contributed by atoms with Crippen LogP contribution in [-0.4, -0.2) is 25.2 Å². The molecule has 0 saturated carbocycles. The standard InChI is InChI=1S/C22H44O2.C4H8O2/c1-3-5-7-8-9-10-11-12-13-14-15-16-17-18-19-20-22(23)24-21-6-4-2;1-3-6-4(2)5/h3-21H2,1-2H3;3H2,1-2H3. The van der Waals surface area contributed by atoms with Gasteiger partial charge in [0.25, 0.3) is 0 Å². The van der Waals surface area contributed by atoms with Crippen molar-refractivity contribution in [1.29, 1.82) is 0 Å². The Kier molecular flexibility index (Phi) is 29.0. The highest BCUT2D eigenvalue weighted by Gasteiger charge is 2.01. The van der Waals surface area contributed by atoms with Gasteiger partial charge in [-0.3, -0.25) is 9.59 Å². The van der Waals surface area contributed by atoms with E-state index in [1.165, 1.54) is 96.8 Å². The molecule has 0 unspecified atom stereocenters. The van der Waals surface area contributed by atoms with Crippen molar-refractivity contribution in [3.05, 3.63) is 0 Å². The number of hydrogen-bond donors (Lipinski definition) is 0. The van der Waals surface area contributed by atoms with Gasteiger partial charge in [-0.05, 0) is 19.8 Å². The van der Waals surface area contributed by atoms with Crippen LogP contribution in [0, 0.1) is 0 Å². The maximum atomic E-state index is 11.4. The summed E-state index contributed by atoms with van der Waals surface area (Å²) < 4.78 is 9.57. The molecule has 0 rings (SSSR count). The van der Waals surface area contributed by atoms with Crippen LogP contribution in [0.25, 0.3) is 0 Å². The molecule has 0 N–H and O–H groups in total. The molecule has 0 aliphatic rings. The molecule has 0 radical (unpaired) electrons. The minimum Gasteiger partial charge on any atom is -0.466 e. The fourth-order valence-corrected chi connectivity index (χ4v) is 3.25. The number of carbonyl (C=O) groups is 2. The molecule has 4 nitrogen and oxygen atoms in total. The van der Waals surface area contributed by atoms with Crippen molar-refractivity contribution >= 4 is 11.9 Å². The number of unbranched alkanes of at least 4 members (excludes halogenated alkanes) is 15. The summed E-state index contributed by atoms with van der Waals surface area (Å²) in [5.41, 5.74) is 0. The number of carbonyl (C=O) groups excluding carboxylic acids is 2. The highest BCUT2D eigenvalue weighted by atomic mass is 16.5. The number of hydrogen-bond acceptors (Lipinski definition) is 4. The fraction of sp³-hybridized carbons (Fsp3) is 0.923. The molecule has 0 bridgehead atoms. The second kappa shape index (κ2) is 27.9. The Bertz CT molecular complexity index is 355. The van der Waals surface area contributed by atoms with Gasteiger partial charge >= 0.3 is 11.9 Å². The summed E-state index contributed by atoms with van der Waals surface area (Å²) in [6.07, 6.45) is 23.1. The topological polar surface area (TPSA) is 52.6 Å². The van der Waals surface area contributed by atoms with Gasteiger partial charge in [0, 0.05) is 13.3 Å². The summed E-state index contributed by atoms with van der Waals surface area (Å²) >= 11 is 0. The second-order valence-corrected chi connectivity index (χ2v) is 8.20. The van der Waals surface area contributed by atoms with Crippen LogP contribution in [0.2, 0.25) is 0 Å². The van der Waals surface area contributed by atoms with Gasteiger partial charge in [-0.15, -0.1) is 0 Å². The Morgan fingerprint density at radius 3 is 1.27 bits per heavy atom. The monoisotopic (exact) mass is 428 g/mol. The summed E-state index contributed by atoms with van der Waals surface area (Å²) in [6.45, 7) is 8.65. The zero-order valence-corrected chi connectivity index (χ0v) is 20.8. The molecule has 0 amide bonds. The quantitative estimate of drug-likeness (QED) is 0.145. The molecule has 0 atom stereocenters. The first-order chi connectivity index (χ1) is 14.6. The van der Waals surface area contributed by atoms with Crippen LogP contribution < -0.4 is 0 Å². The molecule has 0 heterocycles. The van der Waals surface area contributed by atoms with E-state index in [1.807, 2.05) is 0 Å². The normalized spacial score (nSPS) is 10.3. The van der Waals surface area contributed by atoms with Crippen molar-refractivity contribution in [2.45, 2.75) is 143 Å². The molecule has 180 valence electrons. The largest absolute Gasteiger partial charge is 0.466 e. The lowest BCUT2D eigenvalue weighted by atomic mass is 10.0. The Hall–Kier alpha value is -1.06. The van der Waals surface area contributed by atoms with Crippen LogP contribution in [0.1, 0.15) is 143 Å². The number of ether oxygens (including phenoxy) is 2. The zero-order valence-electron chi connectivity index (χ0n) is 20.8. The average molecular weight is 429 g/mol. The van der Waals surface area contributed by atoms with Gasteiger partial charge in [-0.1, -0.05) is 110 Å². The lowest BCUT2D eigenvalue weighted by Crippen LogP contribution is -2.05. The minimum atomic E-state index is -0.211. The van der Waals surface area contributed by atoms with Crippen LogP contribution in [0.3, 0.4) is 0 Å². The van der Waals surface area contributed by atoms with Gasteiger partial charge in [0.15, 0.2) is 0 Å². The van der Waals surface area contributed by atoms with Crippen LogP contribution >= 0.6 is 0 Å². The molecule has 0 spiro atoms. The van der Waals surface area contributed by atoms with E-state index in [1.54, 1.807) is 6.92 Å². The summed E-state index contributed by atoms with van der Waals surface area (Å²) in [7, 11) is 0. The first-order valence-corrected chi connectivity index (χ1v) is 12.9. The van der Waals surface area contributed by atoms with E-state index < -0.39 is 0 Å². The van der Waals surface area contributed by atoms with Crippen molar-refractivity contribution < 1.29 is 19.1 Å². The van der Waals surface area contributed by atoms with Crippen molar-refractivity contribution in [3.63, 3.8) is 0 Å². The summed E-state index contributed by atoms with van der Waals surface area (Å²) in [5, 5.41) is 0. The van der Waals surface area contributed by atoms with E-state index in [2.05, 4.69) is 18.6 Å². The molecule has 0 fully saturated rings. The van der Waals surface area contributed by atoms with Gasteiger partial charge in [-0.25, -0.2) is 0 Å². The van der Waals surface area contributed by atoms with Crippen LogP contribution in [0.15, 0.2) is 0 Å². The fourth-order valence-electron chi connectivity index (χ4n) is 3.25. The Labute approximate surface area is 187 Å². The van der Waals surface area contributed by atoms with E-state index in [9.17, 15) is 9.59 Å². The average Bonchev–Trinajstić information content (AvgIpc) is 2.71. The van der Waals surface area contributed by atoms with Crippen molar-refractivity contribution in [2.24, 2.45) is 0 Å². The Balaban J connectivity index is 0. The van der Waals surface area contributed by atoms with Gasteiger partial charge in [0.1, 0.15) is 0 Å². The molecule has 0 aromatic carbocycles. The van der Waals surface area contributed by atoms with E-state index in [0.29, 0.717) is 19.6 Å². The lowest BCUT2D eigenvalue weighted by molar-refractivity contribution is -0.144.